The van der Waals surface area contributed by atoms with Crippen LogP contribution in [0.4, 0.5) is 5.82 Å². The summed E-state index contributed by atoms with van der Waals surface area (Å²) >= 11 is -0.739. The molecule has 100 valence electrons. The van der Waals surface area contributed by atoms with Crippen LogP contribution in [0, 0.1) is 11.3 Å². The molecule has 2 heterocycles. The Balaban J connectivity index is 1.82. The van der Waals surface area contributed by atoms with Crippen LogP contribution in [0.1, 0.15) is 40.0 Å². The molecule has 3 rings (SSSR count). The van der Waals surface area contributed by atoms with Gasteiger partial charge in [-0.15, -0.1) is 11.1 Å². The van der Waals surface area contributed by atoms with E-state index in [-0.39, 0.29) is 5.44 Å². The number of hydrogen-bond donors (Lipinski definition) is 2. The van der Waals surface area contributed by atoms with Gasteiger partial charge in [0.15, 0.2) is 5.82 Å². The van der Waals surface area contributed by atoms with Crippen LogP contribution < -0.4 is 0 Å². The second-order valence-electron chi connectivity index (χ2n) is 6.18. The van der Waals surface area contributed by atoms with E-state index in [1.54, 1.807) is 6.20 Å². The fourth-order valence-corrected chi connectivity index (χ4v) is 5.46. The number of thiol groups is 1. The van der Waals surface area contributed by atoms with Crippen LogP contribution >= 0.6 is 11.1 Å². The van der Waals surface area contributed by atoms with Gasteiger partial charge in [-0.25, -0.2) is 9.98 Å². The van der Waals surface area contributed by atoms with Crippen LogP contribution in [-0.2, 0) is 0 Å². The molecular weight excluding hydrogens is 246 g/mol. The molecule has 5 heteroatoms. The van der Waals surface area contributed by atoms with Crippen molar-refractivity contribution < 1.29 is 5.11 Å². The van der Waals surface area contributed by atoms with E-state index >= 15 is 0 Å². The summed E-state index contributed by atoms with van der Waals surface area (Å²) in [6, 6.07) is 0. The molecule has 3 atom stereocenters. The molecule has 0 spiro atoms. The molecule has 1 aromatic rings. The molecule has 0 aromatic carbocycles. The van der Waals surface area contributed by atoms with Crippen molar-refractivity contribution in [3.05, 3.63) is 12.5 Å². The number of aliphatic hydroxyl groups is 1. The molecule has 1 aliphatic heterocycles. The van der Waals surface area contributed by atoms with E-state index in [0.717, 1.165) is 23.7 Å². The number of nitrogens with zero attached hydrogens (tertiary/aromatic N) is 3. The third-order valence-corrected chi connectivity index (χ3v) is 6.58. The summed E-state index contributed by atoms with van der Waals surface area (Å²) in [7, 11) is 0. The van der Waals surface area contributed by atoms with Crippen LogP contribution in [0.15, 0.2) is 17.5 Å². The highest BCUT2D eigenvalue weighted by Gasteiger charge is 2.39. The van der Waals surface area contributed by atoms with Crippen molar-refractivity contribution in [1.29, 1.82) is 0 Å². The maximum atomic E-state index is 10.7. The quantitative estimate of drug-likeness (QED) is 0.810. The molecule has 1 saturated carbocycles. The Kier molecular flexibility index (Phi) is 2.79. The minimum absolute atomic E-state index is 0.277. The molecule has 4 nitrogen and oxygen atoms in total. The minimum atomic E-state index is -0.739. The number of aliphatic hydroxyl groups excluding tert-OH is 1. The van der Waals surface area contributed by atoms with E-state index in [1.165, 1.54) is 6.42 Å². The highest BCUT2D eigenvalue weighted by atomic mass is 32.2. The van der Waals surface area contributed by atoms with E-state index in [9.17, 15) is 5.11 Å². The molecule has 1 fully saturated rings. The first-order valence-electron chi connectivity index (χ1n) is 6.53. The molecule has 3 unspecified atom stereocenters. The highest BCUT2D eigenvalue weighted by Crippen LogP contribution is 2.52. The molecule has 1 aliphatic carbocycles. The van der Waals surface area contributed by atoms with Gasteiger partial charge in [-0.2, -0.15) is 0 Å². The minimum Gasteiger partial charge on any atom is -0.382 e. The zero-order chi connectivity index (χ0) is 12.9. The Hall–Kier alpha value is -0.810. The second-order valence-corrected chi connectivity index (χ2v) is 8.48. The summed E-state index contributed by atoms with van der Waals surface area (Å²) < 4.78 is 2.07. The maximum Gasteiger partial charge on any atom is 0.162 e. The second kappa shape index (κ2) is 4.10. The number of rotatable bonds is 2. The van der Waals surface area contributed by atoms with E-state index in [2.05, 4.69) is 27.8 Å². The van der Waals surface area contributed by atoms with Gasteiger partial charge in [0.1, 0.15) is 11.8 Å². The predicted octanol–water partition coefficient (Wildman–Crippen LogP) is 2.86. The number of imidazole rings is 1. The van der Waals surface area contributed by atoms with E-state index in [0.29, 0.717) is 11.3 Å². The van der Waals surface area contributed by atoms with Gasteiger partial charge in [0.05, 0.1) is 11.2 Å². The lowest BCUT2D eigenvalue weighted by Crippen LogP contribution is -2.23. The van der Waals surface area contributed by atoms with Crippen LogP contribution in [-0.4, -0.2) is 24.5 Å². The fraction of sp³-hybridized carbons (Fsp3) is 0.692. The van der Waals surface area contributed by atoms with Gasteiger partial charge in [-0.05, 0) is 37.5 Å². The van der Waals surface area contributed by atoms with Crippen LogP contribution in [0.3, 0.4) is 0 Å². The van der Waals surface area contributed by atoms with Crippen molar-refractivity contribution in [3.8, 4) is 0 Å². The first-order chi connectivity index (χ1) is 8.48. The van der Waals surface area contributed by atoms with Crippen LogP contribution in [0.25, 0.3) is 0 Å². The van der Waals surface area contributed by atoms with E-state index in [1.807, 2.05) is 13.3 Å². The van der Waals surface area contributed by atoms with E-state index in [4.69, 9.17) is 0 Å². The topological polar surface area (TPSA) is 50.4 Å². The third kappa shape index (κ3) is 1.89. The normalized spacial score (nSPS) is 33.2. The Morgan fingerprint density at radius 1 is 1.56 bits per heavy atom. The molecule has 1 N–H and O–H groups in total. The Labute approximate surface area is 111 Å². The van der Waals surface area contributed by atoms with Gasteiger partial charge in [0.2, 0.25) is 0 Å². The molecule has 0 saturated heterocycles. The average molecular weight is 267 g/mol. The summed E-state index contributed by atoms with van der Waals surface area (Å²) in [4.78, 5) is 8.64. The Morgan fingerprint density at radius 2 is 2.33 bits per heavy atom. The summed E-state index contributed by atoms with van der Waals surface area (Å²) in [6.07, 6.45) is 7.04. The van der Waals surface area contributed by atoms with Crippen molar-refractivity contribution in [2.75, 3.05) is 0 Å². The molecule has 18 heavy (non-hydrogen) atoms. The van der Waals surface area contributed by atoms with Crippen molar-refractivity contribution >= 4 is 21.9 Å². The van der Waals surface area contributed by atoms with Gasteiger partial charge in [0, 0.05) is 0 Å². The largest absolute Gasteiger partial charge is 0.382 e. The van der Waals surface area contributed by atoms with Crippen molar-refractivity contribution in [2.24, 2.45) is 16.3 Å². The number of aliphatic imine (C=N–C) groups is 1. The number of hydrogen-bond acceptors (Lipinski definition) is 3. The van der Waals surface area contributed by atoms with Crippen LogP contribution in [0.2, 0.25) is 0 Å². The van der Waals surface area contributed by atoms with Gasteiger partial charge in [0.25, 0.3) is 0 Å². The van der Waals surface area contributed by atoms with Crippen molar-refractivity contribution in [3.63, 3.8) is 0 Å². The summed E-state index contributed by atoms with van der Waals surface area (Å²) in [5.74, 6) is 1.31. The first kappa shape index (κ1) is 12.2. The molecule has 0 radical (unpaired) electrons. The van der Waals surface area contributed by atoms with Gasteiger partial charge in [-0.3, -0.25) is 3.97 Å². The van der Waals surface area contributed by atoms with Gasteiger partial charge >= 0.3 is 0 Å². The SMILES string of the molecule is CC1=Nc2cncn2[SH]1C(O)C1CCC(C)(C)C1. The van der Waals surface area contributed by atoms with E-state index < -0.39 is 11.1 Å². The summed E-state index contributed by atoms with van der Waals surface area (Å²) in [5.41, 5.74) is 0.102. The van der Waals surface area contributed by atoms with Gasteiger partial charge in [-0.1, -0.05) is 13.8 Å². The lowest BCUT2D eigenvalue weighted by Gasteiger charge is -2.30. The molecule has 0 bridgehead atoms. The Bertz CT molecular complexity index is 494. The number of fused-ring (bicyclic) bond motifs is 1. The lowest BCUT2D eigenvalue weighted by molar-refractivity contribution is 0.183. The van der Waals surface area contributed by atoms with Gasteiger partial charge < -0.3 is 5.11 Å². The molecule has 1 aromatic heterocycles. The van der Waals surface area contributed by atoms with Crippen LogP contribution in [0.5, 0.6) is 0 Å². The molecule has 2 aliphatic rings. The lowest BCUT2D eigenvalue weighted by atomic mass is 9.91. The Morgan fingerprint density at radius 3 is 3.00 bits per heavy atom. The highest BCUT2D eigenvalue weighted by molar-refractivity contribution is 8.29. The summed E-state index contributed by atoms with van der Waals surface area (Å²) in [6.45, 7) is 6.62. The van der Waals surface area contributed by atoms with Crippen molar-refractivity contribution in [2.45, 2.75) is 45.5 Å². The smallest absolute Gasteiger partial charge is 0.162 e. The zero-order valence-electron chi connectivity index (χ0n) is 11.2. The molecular formula is C13H21N3OS. The first-order valence-corrected chi connectivity index (χ1v) is 7.89. The monoisotopic (exact) mass is 267 g/mol. The standard InChI is InChI=1S/C13H21N3OS/c1-9-15-11-7-14-8-16(11)18(9)12(17)10-4-5-13(2,3)6-10/h7-8,10,12,17-18H,4-6H2,1-3H3. The predicted molar refractivity (Wildman–Crippen MR) is 76.5 cm³/mol. The average Bonchev–Trinajstić information content (AvgIpc) is 2.91. The maximum absolute atomic E-state index is 10.7. The fourth-order valence-electron chi connectivity index (χ4n) is 3.16. The molecule has 0 amide bonds. The summed E-state index contributed by atoms with van der Waals surface area (Å²) in [5, 5.41) is 11.8. The third-order valence-electron chi connectivity index (χ3n) is 4.12. The van der Waals surface area contributed by atoms with Crippen molar-refractivity contribution in [1.82, 2.24) is 8.96 Å². The zero-order valence-corrected chi connectivity index (χ0v) is 12.1. The number of aromatic nitrogens is 2.